The van der Waals surface area contributed by atoms with Crippen molar-refractivity contribution < 1.29 is 37.0 Å². The number of Topliss-reactive ketones (excluding diaryl/α,β-unsaturated/α-hetero) is 1. The van der Waals surface area contributed by atoms with Gasteiger partial charge in [0.25, 0.3) is 10.1 Å². The van der Waals surface area contributed by atoms with Crippen LogP contribution in [-0.2, 0) is 35.1 Å². The Morgan fingerprint density at radius 1 is 1.10 bits per heavy atom. The zero-order valence-electron chi connectivity index (χ0n) is 24.3. The van der Waals surface area contributed by atoms with Gasteiger partial charge in [-0.15, -0.1) is 4.33 Å². The van der Waals surface area contributed by atoms with E-state index in [9.17, 15) is 17.8 Å². The van der Waals surface area contributed by atoms with E-state index in [4.69, 9.17) is 5.26 Å². The number of allylic oxidation sites excluding steroid dienone is 4. The number of hydrogen-bond donors (Lipinski definition) is 2. The van der Waals surface area contributed by atoms with Crippen molar-refractivity contribution in [2.24, 2.45) is 5.92 Å². The summed E-state index contributed by atoms with van der Waals surface area (Å²) in [7, 11) is -4.39. The minimum Gasteiger partial charge on any atom is -0.344 e. The number of fused-ring (bicyclic) bond motifs is 2. The molecule has 0 amide bonds. The van der Waals surface area contributed by atoms with Crippen molar-refractivity contribution in [3.05, 3.63) is 71.5 Å². The van der Waals surface area contributed by atoms with Gasteiger partial charge in [0.05, 0.1) is 22.4 Å². The third kappa shape index (κ3) is 5.79. The quantitative estimate of drug-likeness (QED) is 0.108. The van der Waals surface area contributed by atoms with Crippen molar-refractivity contribution in [1.29, 1.82) is 0 Å². The van der Waals surface area contributed by atoms with E-state index in [1.807, 2.05) is 62.6 Å². The van der Waals surface area contributed by atoms with Crippen LogP contribution in [0.25, 0.3) is 0 Å². The summed E-state index contributed by atoms with van der Waals surface area (Å²) < 4.78 is 40.1. The second-order valence-electron chi connectivity index (χ2n) is 11.6. The highest BCUT2D eigenvalue weighted by Gasteiger charge is 2.46. The maximum Gasteiger partial charge on any atom is 0.294 e. The van der Waals surface area contributed by atoms with E-state index in [0.717, 1.165) is 57.4 Å². The van der Waals surface area contributed by atoms with Crippen LogP contribution in [0.3, 0.4) is 0 Å². The molecule has 0 aromatic heterocycles. The van der Waals surface area contributed by atoms with Crippen LogP contribution in [0.15, 0.2) is 70.1 Å². The number of benzene rings is 2. The van der Waals surface area contributed by atoms with Crippen LogP contribution in [0.2, 0.25) is 0 Å². The monoisotopic (exact) mass is 601 g/mol. The van der Waals surface area contributed by atoms with Gasteiger partial charge in [0.2, 0.25) is 12.2 Å². The Morgan fingerprint density at radius 2 is 1.80 bits per heavy atom. The number of rotatable bonds is 10. The van der Waals surface area contributed by atoms with Gasteiger partial charge in [-0.2, -0.15) is 13.0 Å². The minimum atomic E-state index is -4.39. The van der Waals surface area contributed by atoms with E-state index < -0.39 is 15.5 Å². The largest absolute Gasteiger partial charge is 0.344 e. The van der Waals surface area contributed by atoms with Gasteiger partial charge in [-0.05, 0) is 62.7 Å². The lowest BCUT2D eigenvalue weighted by Crippen LogP contribution is -2.30. The van der Waals surface area contributed by atoms with Crippen molar-refractivity contribution in [1.82, 2.24) is 0 Å². The number of nitrogens with zero attached hydrogens (tertiary/aromatic N) is 2. The average molecular weight is 602 g/mol. The summed E-state index contributed by atoms with van der Waals surface area (Å²) in [5.74, 6) is -0.106. The summed E-state index contributed by atoms with van der Waals surface area (Å²) >= 11 is 0.921. The summed E-state index contributed by atoms with van der Waals surface area (Å²) in [6.07, 6.45) is 6.03. The van der Waals surface area contributed by atoms with E-state index in [1.54, 1.807) is 6.07 Å². The molecule has 11 heteroatoms. The summed E-state index contributed by atoms with van der Waals surface area (Å²) in [5.41, 5.74) is 4.60. The number of ketones is 1. The van der Waals surface area contributed by atoms with Crippen molar-refractivity contribution in [3.63, 3.8) is 0 Å². The molecule has 0 saturated heterocycles. The first-order valence-electron chi connectivity index (χ1n) is 13.4. The van der Waals surface area contributed by atoms with E-state index in [2.05, 4.69) is 41.1 Å². The lowest BCUT2D eigenvalue weighted by molar-refractivity contribution is -0.432. The number of likely N-dealkylation sites (N-methyl/N-ethyl adjacent to an activating group) is 1. The number of carbonyl (C=O) groups is 1. The fourth-order valence-electron chi connectivity index (χ4n) is 5.66. The molecular formula is C30H37N2O7S2+. The van der Waals surface area contributed by atoms with Gasteiger partial charge in [0.15, 0.2) is 11.5 Å². The van der Waals surface area contributed by atoms with Gasteiger partial charge in [-0.3, -0.25) is 9.35 Å². The van der Waals surface area contributed by atoms with Crippen LogP contribution >= 0.6 is 12.0 Å². The van der Waals surface area contributed by atoms with E-state index in [-0.39, 0.29) is 28.6 Å². The zero-order chi connectivity index (χ0) is 30.3. The van der Waals surface area contributed by atoms with Gasteiger partial charge in [0.1, 0.15) is 0 Å². The highest BCUT2D eigenvalue weighted by Crippen LogP contribution is 2.49. The number of anilines is 1. The number of carbonyl (C=O) groups excluding carboxylic acids is 1. The molecule has 0 radical (unpaired) electrons. The SMILES string of the molecule is CCN1C(=CC=CC2=[N+](CC(=O)C(C)C)c3ccc(S(=O)(=O)O)cc3C2(C)C)C(C)(C)c2cc(SOOO)ccc21. The Morgan fingerprint density at radius 3 is 2.41 bits per heavy atom. The predicted octanol–water partition coefficient (Wildman–Crippen LogP) is 6.22. The molecule has 0 saturated carbocycles. The molecule has 2 aromatic carbocycles. The maximum absolute atomic E-state index is 12.9. The summed E-state index contributed by atoms with van der Waals surface area (Å²) in [6.45, 7) is 15.0. The molecule has 41 heavy (non-hydrogen) atoms. The van der Waals surface area contributed by atoms with Gasteiger partial charge in [0, 0.05) is 51.9 Å². The van der Waals surface area contributed by atoms with Crippen LogP contribution in [0, 0.1) is 5.92 Å². The van der Waals surface area contributed by atoms with Gasteiger partial charge in [-0.1, -0.05) is 38.8 Å². The first-order chi connectivity index (χ1) is 19.1. The number of hydrogen-bond acceptors (Lipinski definition) is 8. The lowest BCUT2D eigenvalue weighted by atomic mass is 9.81. The normalized spacial score (nSPS) is 18.6. The van der Waals surface area contributed by atoms with Crippen molar-refractivity contribution >= 4 is 45.0 Å². The molecule has 2 aromatic rings. The third-order valence-electron chi connectivity index (χ3n) is 7.97. The van der Waals surface area contributed by atoms with Crippen LogP contribution in [0.1, 0.15) is 59.6 Å². The van der Waals surface area contributed by atoms with Crippen LogP contribution in [0.4, 0.5) is 11.4 Å². The Hall–Kier alpha value is -2.80. The molecule has 0 atom stereocenters. The first-order valence-corrected chi connectivity index (χ1v) is 15.6. The van der Waals surface area contributed by atoms with Gasteiger partial charge < -0.3 is 4.90 Å². The minimum absolute atomic E-state index is 0.0607. The molecule has 0 unspecified atom stereocenters. The highest BCUT2D eigenvalue weighted by atomic mass is 32.2. The Labute approximate surface area is 246 Å². The molecule has 0 spiro atoms. The zero-order valence-corrected chi connectivity index (χ0v) is 26.0. The highest BCUT2D eigenvalue weighted by molar-refractivity contribution is 7.94. The molecule has 0 bridgehead atoms. The van der Waals surface area contributed by atoms with Crippen molar-refractivity contribution in [3.8, 4) is 0 Å². The Kier molecular flexibility index (Phi) is 8.71. The van der Waals surface area contributed by atoms with E-state index >= 15 is 0 Å². The third-order valence-corrected chi connectivity index (χ3v) is 9.39. The predicted molar refractivity (Wildman–Crippen MR) is 159 cm³/mol. The average Bonchev–Trinajstić information content (AvgIpc) is 3.25. The fourth-order valence-corrected chi connectivity index (χ4v) is 6.56. The van der Waals surface area contributed by atoms with Gasteiger partial charge >= 0.3 is 0 Å². The Balaban J connectivity index is 1.78. The maximum atomic E-state index is 12.9. The van der Waals surface area contributed by atoms with Gasteiger partial charge in [-0.25, -0.2) is 5.26 Å². The molecule has 2 aliphatic heterocycles. The van der Waals surface area contributed by atoms with Crippen molar-refractivity contribution in [2.75, 3.05) is 18.0 Å². The molecule has 220 valence electrons. The molecule has 9 nitrogen and oxygen atoms in total. The molecule has 2 heterocycles. The molecule has 0 fully saturated rings. The van der Waals surface area contributed by atoms with E-state index in [1.165, 1.54) is 12.1 Å². The molecule has 4 rings (SSSR count). The van der Waals surface area contributed by atoms with Crippen molar-refractivity contribution in [2.45, 2.75) is 69.1 Å². The first kappa shape index (κ1) is 31.1. The summed E-state index contributed by atoms with van der Waals surface area (Å²) in [5, 5.41) is 12.3. The molecule has 0 aliphatic carbocycles. The van der Waals surface area contributed by atoms with Crippen LogP contribution in [-0.4, -0.2) is 47.4 Å². The molecule has 2 N–H and O–H groups in total. The standard InChI is InChI=1S/C30H36N2O7S2/c1-8-31-24-14-12-20(40-39-38-34)16-22(24)29(4,5)27(31)10-9-11-28-30(6,7)23-17-21(41(35,36)37)13-15-25(23)32(28)18-26(33)19(2)3/h9-17,19H,8,18H2,1-7H3,(H-,34,35,36,37)/p+1. The summed E-state index contributed by atoms with van der Waals surface area (Å²) in [6, 6.07) is 10.5. The van der Waals surface area contributed by atoms with Crippen LogP contribution in [0.5, 0.6) is 0 Å². The summed E-state index contributed by atoms with van der Waals surface area (Å²) in [4.78, 5) is 15.7. The lowest BCUT2D eigenvalue weighted by Gasteiger charge is -2.25. The fraction of sp³-hybridized carbons (Fsp3) is 0.400. The molecule has 2 aliphatic rings. The smallest absolute Gasteiger partial charge is 0.294 e. The van der Waals surface area contributed by atoms with Crippen LogP contribution < -0.4 is 4.90 Å². The second kappa shape index (κ2) is 11.5. The Bertz CT molecular complexity index is 1570. The second-order valence-corrected chi connectivity index (χ2v) is 13.8. The topological polar surface area (TPSA) is 116 Å². The molecular weight excluding hydrogens is 564 g/mol. The van der Waals surface area contributed by atoms with E-state index in [0.29, 0.717) is 0 Å².